The number of fused-ring (bicyclic) bond motifs is 2. The predicted octanol–water partition coefficient (Wildman–Crippen LogP) is 3.19. The summed E-state index contributed by atoms with van der Waals surface area (Å²) in [5.41, 5.74) is 3.89. The molecule has 0 radical (unpaired) electrons. The highest BCUT2D eigenvalue weighted by Crippen LogP contribution is 2.34. The third kappa shape index (κ3) is 2.36. The van der Waals surface area contributed by atoms with Gasteiger partial charge in [-0.3, -0.25) is 9.20 Å². The molecule has 0 unspecified atom stereocenters. The molecule has 0 spiro atoms. The number of amides is 1. The van der Waals surface area contributed by atoms with E-state index >= 15 is 0 Å². The van der Waals surface area contributed by atoms with Gasteiger partial charge in [0.15, 0.2) is 11.5 Å². The number of nitrogens with one attached hydrogen (secondary N) is 1. The van der Waals surface area contributed by atoms with Gasteiger partial charge >= 0.3 is 0 Å². The molecule has 6 heteroatoms. The number of benzene rings is 1. The van der Waals surface area contributed by atoms with Crippen LogP contribution in [-0.2, 0) is 6.42 Å². The number of rotatable bonds is 3. The lowest BCUT2D eigenvalue weighted by Gasteiger charge is -2.07. The van der Waals surface area contributed by atoms with Gasteiger partial charge in [-0.05, 0) is 43.2 Å². The van der Waals surface area contributed by atoms with Crippen molar-refractivity contribution in [2.24, 2.45) is 0 Å². The van der Waals surface area contributed by atoms with Gasteiger partial charge in [0, 0.05) is 18.0 Å². The zero-order valence-corrected chi connectivity index (χ0v) is 13.5. The summed E-state index contributed by atoms with van der Waals surface area (Å²) in [6.45, 7) is 4.21. The first-order chi connectivity index (χ1) is 11.7. The second-order valence-electron chi connectivity index (χ2n) is 5.72. The topological polar surface area (TPSA) is 64.9 Å². The van der Waals surface area contributed by atoms with E-state index in [1.54, 1.807) is 18.2 Å². The average Bonchev–Trinajstić information content (AvgIpc) is 3.17. The second kappa shape index (κ2) is 5.56. The lowest BCUT2D eigenvalue weighted by molar-refractivity contribution is 0.102. The highest BCUT2D eigenvalue weighted by Gasteiger charge is 2.20. The molecule has 1 N–H and O–H groups in total. The maximum absolute atomic E-state index is 12.8. The number of imidazole rings is 1. The Morgan fingerprint density at radius 1 is 1.25 bits per heavy atom. The Morgan fingerprint density at radius 3 is 2.92 bits per heavy atom. The summed E-state index contributed by atoms with van der Waals surface area (Å²) in [6.07, 6.45) is 2.57. The van der Waals surface area contributed by atoms with E-state index in [0.717, 1.165) is 16.9 Å². The number of pyridine rings is 1. The van der Waals surface area contributed by atoms with Crippen LogP contribution in [0, 0.1) is 6.92 Å². The van der Waals surface area contributed by atoms with Crippen molar-refractivity contribution in [3.05, 3.63) is 53.5 Å². The molecule has 0 aliphatic carbocycles. The van der Waals surface area contributed by atoms with E-state index in [1.807, 2.05) is 36.6 Å². The molecule has 0 fully saturated rings. The van der Waals surface area contributed by atoms with Gasteiger partial charge in [-0.1, -0.05) is 6.92 Å². The van der Waals surface area contributed by atoms with Crippen LogP contribution < -0.4 is 14.8 Å². The molecule has 2 aromatic heterocycles. The summed E-state index contributed by atoms with van der Waals surface area (Å²) in [6, 6.07) is 9.28. The van der Waals surface area contributed by atoms with Crippen LogP contribution in [-0.4, -0.2) is 22.1 Å². The number of aromatic nitrogens is 2. The van der Waals surface area contributed by atoms with Crippen LogP contribution in [0.4, 0.5) is 5.69 Å². The Kier molecular flexibility index (Phi) is 3.37. The number of carbonyl (C=O) groups is 1. The minimum Gasteiger partial charge on any atom is -0.454 e. The van der Waals surface area contributed by atoms with E-state index in [0.29, 0.717) is 29.3 Å². The number of nitrogens with zero attached hydrogens (tertiary/aromatic N) is 2. The molecule has 0 saturated carbocycles. The van der Waals surface area contributed by atoms with Gasteiger partial charge in [-0.25, -0.2) is 4.98 Å². The van der Waals surface area contributed by atoms with Gasteiger partial charge in [0.2, 0.25) is 6.79 Å². The maximum atomic E-state index is 12.8. The lowest BCUT2D eigenvalue weighted by atomic mass is 10.2. The predicted molar refractivity (Wildman–Crippen MR) is 89.8 cm³/mol. The van der Waals surface area contributed by atoms with E-state index < -0.39 is 0 Å². The maximum Gasteiger partial charge on any atom is 0.274 e. The van der Waals surface area contributed by atoms with Gasteiger partial charge in [0.1, 0.15) is 11.3 Å². The minimum absolute atomic E-state index is 0.193. The van der Waals surface area contributed by atoms with Crippen LogP contribution in [0.2, 0.25) is 0 Å². The Balaban J connectivity index is 1.70. The first-order valence-electron chi connectivity index (χ1n) is 7.84. The van der Waals surface area contributed by atoms with Gasteiger partial charge in [-0.15, -0.1) is 0 Å². The van der Waals surface area contributed by atoms with Gasteiger partial charge < -0.3 is 14.8 Å². The minimum atomic E-state index is -0.193. The normalized spacial score (nSPS) is 12.6. The third-order valence-corrected chi connectivity index (χ3v) is 4.03. The van der Waals surface area contributed by atoms with Crippen LogP contribution in [0.3, 0.4) is 0 Å². The molecule has 3 heterocycles. The number of aryl methyl sites for hydroxylation is 2. The van der Waals surface area contributed by atoms with Gasteiger partial charge in [0.05, 0.1) is 5.69 Å². The zero-order chi connectivity index (χ0) is 16.7. The molecule has 1 amide bonds. The van der Waals surface area contributed by atoms with E-state index in [2.05, 4.69) is 10.3 Å². The molecule has 1 aromatic carbocycles. The summed E-state index contributed by atoms with van der Waals surface area (Å²) in [5, 5.41) is 2.92. The van der Waals surface area contributed by atoms with Crippen molar-refractivity contribution >= 4 is 17.2 Å². The van der Waals surface area contributed by atoms with Crippen LogP contribution >= 0.6 is 0 Å². The van der Waals surface area contributed by atoms with E-state index in [4.69, 9.17) is 9.47 Å². The van der Waals surface area contributed by atoms with E-state index in [1.165, 1.54) is 0 Å². The Hall–Kier alpha value is -3.02. The molecule has 0 atom stereocenters. The highest BCUT2D eigenvalue weighted by molar-refractivity contribution is 6.04. The second-order valence-corrected chi connectivity index (χ2v) is 5.72. The van der Waals surface area contributed by atoms with E-state index in [9.17, 15) is 4.79 Å². The van der Waals surface area contributed by atoms with Crippen molar-refractivity contribution < 1.29 is 14.3 Å². The number of hydrogen-bond acceptors (Lipinski definition) is 4. The van der Waals surface area contributed by atoms with Crippen LogP contribution in [0.25, 0.3) is 5.65 Å². The summed E-state index contributed by atoms with van der Waals surface area (Å²) < 4.78 is 12.5. The molecule has 4 rings (SSSR count). The fourth-order valence-electron chi connectivity index (χ4n) is 2.85. The van der Waals surface area contributed by atoms with Crippen molar-refractivity contribution in [3.63, 3.8) is 0 Å². The molecule has 0 saturated heterocycles. The smallest absolute Gasteiger partial charge is 0.274 e. The highest BCUT2D eigenvalue weighted by atomic mass is 16.7. The molecule has 1 aliphatic heterocycles. The number of carbonyl (C=O) groups excluding carboxylic acids is 1. The van der Waals surface area contributed by atoms with Crippen molar-refractivity contribution in [2.75, 3.05) is 12.1 Å². The Morgan fingerprint density at radius 2 is 2.08 bits per heavy atom. The molecule has 122 valence electrons. The first kappa shape index (κ1) is 14.6. The average molecular weight is 323 g/mol. The van der Waals surface area contributed by atoms with Crippen molar-refractivity contribution in [2.45, 2.75) is 20.3 Å². The fourth-order valence-corrected chi connectivity index (χ4v) is 2.85. The van der Waals surface area contributed by atoms with Gasteiger partial charge in [-0.2, -0.15) is 0 Å². The summed E-state index contributed by atoms with van der Waals surface area (Å²) in [7, 11) is 0. The molecule has 6 nitrogen and oxygen atoms in total. The van der Waals surface area contributed by atoms with Gasteiger partial charge in [0.25, 0.3) is 5.91 Å². The monoisotopic (exact) mass is 323 g/mol. The lowest BCUT2D eigenvalue weighted by Crippen LogP contribution is -2.16. The largest absolute Gasteiger partial charge is 0.454 e. The molecule has 1 aliphatic rings. The summed E-state index contributed by atoms with van der Waals surface area (Å²) in [5.74, 6) is 1.13. The SMILES string of the molecule is CCc1nc2cc(C)ccn2c1C(=O)Nc1ccc2c(c1)OCO2. The third-order valence-electron chi connectivity index (χ3n) is 4.03. The summed E-state index contributed by atoms with van der Waals surface area (Å²) in [4.78, 5) is 17.4. The number of anilines is 1. The molecular weight excluding hydrogens is 306 g/mol. The molecule has 24 heavy (non-hydrogen) atoms. The number of hydrogen-bond donors (Lipinski definition) is 1. The van der Waals surface area contributed by atoms with Crippen molar-refractivity contribution in [1.29, 1.82) is 0 Å². The number of ether oxygens (including phenoxy) is 2. The van der Waals surface area contributed by atoms with Crippen molar-refractivity contribution in [1.82, 2.24) is 9.38 Å². The molecular formula is C18H17N3O3. The Labute approximate surface area is 139 Å². The molecule has 3 aromatic rings. The van der Waals surface area contributed by atoms with Crippen molar-refractivity contribution in [3.8, 4) is 11.5 Å². The molecule has 0 bridgehead atoms. The quantitative estimate of drug-likeness (QED) is 0.804. The standard InChI is InChI=1S/C18H17N3O3/c1-3-13-17(21-7-6-11(2)8-16(21)20-13)18(22)19-12-4-5-14-15(9-12)24-10-23-14/h4-9H,3,10H2,1-2H3,(H,19,22). The van der Waals surface area contributed by atoms with Crippen LogP contribution in [0.5, 0.6) is 11.5 Å². The van der Waals surface area contributed by atoms with Crippen LogP contribution in [0.15, 0.2) is 36.5 Å². The zero-order valence-electron chi connectivity index (χ0n) is 13.5. The van der Waals surface area contributed by atoms with Crippen LogP contribution in [0.1, 0.15) is 28.7 Å². The Bertz CT molecular complexity index is 946. The fraction of sp³-hybridized carbons (Fsp3) is 0.222. The summed E-state index contributed by atoms with van der Waals surface area (Å²) >= 11 is 0. The van der Waals surface area contributed by atoms with E-state index in [-0.39, 0.29) is 12.7 Å². The first-order valence-corrected chi connectivity index (χ1v) is 7.84.